The smallest absolute Gasteiger partial charge is 0.230 e. The van der Waals surface area contributed by atoms with Crippen molar-refractivity contribution in [2.45, 2.75) is 12.6 Å². The van der Waals surface area contributed by atoms with Gasteiger partial charge >= 0.3 is 0 Å². The maximum atomic E-state index is 12.0. The van der Waals surface area contributed by atoms with E-state index in [-0.39, 0.29) is 22.9 Å². The van der Waals surface area contributed by atoms with Gasteiger partial charge in [-0.3, -0.25) is 9.69 Å². The minimum atomic E-state index is -0.0828. The highest BCUT2D eigenvalue weighted by Gasteiger charge is 2.21. The van der Waals surface area contributed by atoms with Crippen molar-refractivity contribution in [3.63, 3.8) is 0 Å². The van der Waals surface area contributed by atoms with Crippen molar-refractivity contribution in [1.29, 1.82) is 0 Å². The van der Waals surface area contributed by atoms with Crippen molar-refractivity contribution >= 4 is 46.2 Å². The summed E-state index contributed by atoms with van der Waals surface area (Å²) < 4.78 is 6.42. The van der Waals surface area contributed by atoms with Gasteiger partial charge in [-0.25, -0.2) is 0 Å². The van der Waals surface area contributed by atoms with Gasteiger partial charge in [-0.05, 0) is 29.5 Å². The summed E-state index contributed by atoms with van der Waals surface area (Å²) in [6, 6.07) is 7.85. The van der Waals surface area contributed by atoms with Gasteiger partial charge in [0.2, 0.25) is 5.91 Å². The van der Waals surface area contributed by atoms with E-state index in [0.29, 0.717) is 17.4 Å². The number of carbonyl (C=O) groups is 1. The molecule has 5 N–H and O–H groups in total. The zero-order chi connectivity index (χ0) is 19.6. The number of benzene rings is 1. The van der Waals surface area contributed by atoms with Crippen LogP contribution in [0.15, 0.2) is 40.2 Å². The lowest BCUT2D eigenvalue weighted by Crippen LogP contribution is -2.47. The van der Waals surface area contributed by atoms with Crippen molar-refractivity contribution in [2.75, 3.05) is 32.0 Å². The molecule has 27 heavy (non-hydrogen) atoms. The molecule has 1 heterocycles. The largest absolute Gasteiger partial charge is 0.377 e. The fourth-order valence-electron chi connectivity index (χ4n) is 2.54. The van der Waals surface area contributed by atoms with Gasteiger partial charge in [0.05, 0.1) is 18.5 Å². The molecule has 1 aliphatic rings. The highest BCUT2D eigenvalue weighted by atomic mass is 35.5. The number of carbonyl (C=O) groups excluding carboxylic acids is 1. The Morgan fingerprint density at radius 1 is 1.52 bits per heavy atom. The molecule has 0 aromatic heterocycles. The molecule has 0 unspecified atom stereocenters. The van der Waals surface area contributed by atoms with Crippen LogP contribution < -0.4 is 16.9 Å². The number of halogens is 1. The van der Waals surface area contributed by atoms with Crippen molar-refractivity contribution in [3.8, 4) is 0 Å². The fourth-order valence-corrected chi connectivity index (χ4v) is 4.10. The molecule has 7 nitrogen and oxygen atoms in total. The van der Waals surface area contributed by atoms with Crippen LogP contribution in [0.5, 0.6) is 0 Å². The number of hydrazone groups is 1. The molecular weight excluding hydrogens is 406 g/mol. The van der Waals surface area contributed by atoms with Gasteiger partial charge in [-0.2, -0.15) is 5.10 Å². The fraction of sp³-hybridized carbons (Fsp3) is 0.412. The third-order valence-corrected chi connectivity index (χ3v) is 5.86. The van der Waals surface area contributed by atoms with Crippen LogP contribution in [0.3, 0.4) is 0 Å². The van der Waals surface area contributed by atoms with E-state index in [1.165, 1.54) is 17.3 Å². The van der Waals surface area contributed by atoms with Gasteiger partial charge < -0.3 is 21.6 Å². The number of nitrogens with one attached hydrogen (secondary N) is 1. The van der Waals surface area contributed by atoms with E-state index in [2.05, 4.69) is 28.0 Å². The molecule has 0 spiro atoms. The number of morpholine rings is 1. The van der Waals surface area contributed by atoms with E-state index in [1.54, 1.807) is 0 Å². The highest BCUT2D eigenvalue weighted by molar-refractivity contribution is 8.29. The minimum absolute atomic E-state index is 0.0375. The van der Waals surface area contributed by atoms with E-state index in [0.717, 1.165) is 36.4 Å². The summed E-state index contributed by atoms with van der Waals surface area (Å²) in [6.45, 7) is 7.34. The molecule has 1 fully saturated rings. The molecule has 0 radical (unpaired) electrons. The van der Waals surface area contributed by atoms with Crippen LogP contribution >= 0.6 is 35.1 Å². The van der Waals surface area contributed by atoms with Gasteiger partial charge in [-0.15, -0.1) is 11.8 Å². The Labute approximate surface area is 172 Å². The topological polar surface area (TPSA) is 106 Å². The first kappa shape index (κ1) is 21.9. The van der Waals surface area contributed by atoms with Crippen LogP contribution in [0.4, 0.5) is 0 Å². The first-order valence-electron chi connectivity index (χ1n) is 8.34. The quantitative estimate of drug-likeness (QED) is 0.250. The Kier molecular flexibility index (Phi) is 9.29. The lowest BCUT2D eigenvalue weighted by Gasteiger charge is -2.33. The molecule has 0 bridgehead atoms. The van der Waals surface area contributed by atoms with Crippen LogP contribution in [0.25, 0.3) is 0 Å². The second-order valence-corrected chi connectivity index (χ2v) is 8.77. The Balaban J connectivity index is 1.69. The molecule has 1 aromatic carbocycles. The number of amides is 1. The molecule has 1 aliphatic heterocycles. The SMILES string of the molecule is C=C(SCC(=O)NC[C@H]1CN(Cc2cccc(Cl)c2)CCO1)S/C(N)=N\N. The minimum Gasteiger partial charge on any atom is -0.377 e. The molecule has 1 atom stereocenters. The summed E-state index contributed by atoms with van der Waals surface area (Å²) in [7, 11) is 0. The molecule has 1 saturated heterocycles. The predicted molar refractivity (Wildman–Crippen MR) is 114 cm³/mol. The second kappa shape index (κ2) is 11.5. The van der Waals surface area contributed by atoms with E-state index < -0.39 is 0 Å². The third-order valence-electron chi connectivity index (χ3n) is 3.75. The Hall–Kier alpha value is -1.39. The number of ether oxygens (including phenoxy) is 1. The number of hydrogen-bond donors (Lipinski definition) is 3. The van der Waals surface area contributed by atoms with Crippen molar-refractivity contribution in [3.05, 3.63) is 45.7 Å². The molecule has 1 aromatic rings. The molecule has 10 heteroatoms. The number of amidine groups is 1. The first-order valence-corrected chi connectivity index (χ1v) is 10.5. The number of thioether (sulfide) groups is 2. The third kappa shape index (κ3) is 8.44. The summed E-state index contributed by atoms with van der Waals surface area (Å²) in [6.07, 6.45) is -0.0375. The zero-order valence-corrected chi connectivity index (χ0v) is 17.3. The maximum Gasteiger partial charge on any atom is 0.230 e. The van der Waals surface area contributed by atoms with Crippen LogP contribution in [-0.4, -0.2) is 54.1 Å². The molecule has 0 saturated carbocycles. The summed E-state index contributed by atoms with van der Waals surface area (Å²) in [5.41, 5.74) is 6.66. The van der Waals surface area contributed by atoms with E-state index >= 15 is 0 Å². The number of hydrogen-bond acceptors (Lipinski definition) is 7. The van der Waals surface area contributed by atoms with Crippen molar-refractivity contribution in [1.82, 2.24) is 10.2 Å². The van der Waals surface area contributed by atoms with Crippen molar-refractivity contribution in [2.24, 2.45) is 16.7 Å². The first-order chi connectivity index (χ1) is 13.0. The standard InChI is InChI=1S/C17H24ClN5O2S2/c1-12(27-17(19)22-20)26-11-16(24)21-8-15-10-23(5-6-25-15)9-13-3-2-4-14(18)7-13/h2-4,7,15H,1,5-6,8-11,20H2,(H2,19,22)(H,21,24)/t15-/m0/s1. The number of rotatable bonds is 8. The zero-order valence-electron chi connectivity index (χ0n) is 14.9. The monoisotopic (exact) mass is 429 g/mol. The van der Waals surface area contributed by atoms with Crippen LogP contribution in [0.2, 0.25) is 5.02 Å². The average Bonchev–Trinajstić information content (AvgIpc) is 2.65. The lowest BCUT2D eigenvalue weighted by molar-refractivity contribution is -0.119. The summed E-state index contributed by atoms with van der Waals surface area (Å²) in [4.78, 5) is 14.3. The number of nitrogens with two attached hydrogens (primary N) is 2. The highest BCUT2D eigenvalue weighted by Crippen LogP contribution is 2.25. The molecular formula is C17H24ClN5O2S2. The van der Waals surface area contributed by atoms with Gasteiger partial charge in [-0.1, -0.05) is 30.3 Å². The predicted octanol–water partition coefficient (Wildman–Crippen LogP) is 1.78. The summed E-state index contributed by atoms with van der Waals surface area (Å²) in [5.74, 6) is 5.23. The Morgan fingerprint density at radius 2 is 2.33 bits per heavy atom. The van der Waals surface area contributed by atoms with Crippen LogP contribution in [-0.2, 0) is 16.1 Å². The van der Waals surface area contributed by atoms with E-state index in [1.807, 2.05) is 18.2 Å². The second-order valence-electron chi connectivity index (χ2n) is 5.89. The normalized spacial score (nSPS) is 18.3. The van der Waals surface area contributed by atoms with Gasteiger partial charge in [0, 0.05) is 35.4 Å². The van der Waals surface area contributed by atoms with Gasteiger partial charge in [0.15, 0.2) is 5.17 Å². The maximum absolute atomic E-state index is 12.0. The van der Waals surface area contributed by atoms with Crippen LogP contribution in [0.1, 0.15) is 5.56 Å². The van der Waals surface area contributed by atoms with Crippen molar-refractivity contribution < 1.29 is 9.53 Å². The van der Waals surface area contributed by atoms with Gasteiger partial charge in [0.1, 0.15) is 0 Å². The van der Waals surface area contributed by atoms with Crippen LogP contribution in [0, 0.1) is 0 Å². The Bertz CT molecular complexity index is 689. The molecule has 2 rings (SSSR count). The number of nitrogens with zero attached hydrogens (tertiary/aromatic N) is 2. The van der Waals surface area contributed by atoms with Gasteiger partial charge in [0.25, 0.3) is 0 Å². The molecule has 1 amide bonds. The summed E-state index contributed by atoms with van der Waals surface area (Å²) >= 11 is 8.48. The van der Waals surface area contributed by atoms with E-state index in [4.69, 9.17) is 27.9 Å². The summed E-state index contributed by atoms with van der Waals surface area (Å²) in [5, 5.41) is 7.20. The lowest BCUT2D eigenvalue weighted by atomic mass is 10.2. The molecule has 0 aliphatic carbocycles. The molecule has 148 valence electrons. The van der Waals surface area contributed by atoms with E-state index in [9.17, 15) is 4.79 Å². The average molecular weight is 430 g/mol. The Morgan fingerprint density at radius 3 is 3.07 bits per heavy atom.